The fraction of sp³-hybridized carbons (Fsp3) is 0.379. The van der Waals surface area contributed by atoms with Crippen LogP contribution in [0.5, 0.6) is 0 Å². The molecule has 4 nitrogen and oxygen atoms in total. The molecule has 2 atom stereocenters. The predicted octanol–water partition coefficient (Wildman–Crippen LogP) is 6.97. The molecule has 0 radical (unpaired) electrons. The van der Waals surface area contributed by atoms with Gasteiger partial charge in [0, 0.05) is 29.2 Å². The van der Waals surface area contributed by atoms with Gasteiger partial charge in [0.05, 0.1) is 14.9 Å². The lowest BCUT2D eigenvalue weighted by atomic mass is 9.69. The van der Waals surface area contributed by atoms with E-state index in [2.05, 4.69) is 29.6 Å². The predicted molar refractivity (Wildman–Crippen MR) is 155 cm³/mol. The van der Waals surface area contributed by atoms with E-state index in [-0.39, 0.29) is 11.3 Å². The largest absolute Gasteiger partial charge is 0.317 e. The zero-order valence-electron chi connectivity index (χ0n) is 20.9. The Hall–Kier alpha value is -1.54. The van der Waals surface area contributed by atoms with Gasteiger partial charge in [0.2, 0.25) is 10.0 Å². The zero-order chi connectivity index (χ0) is 26.0. The Balaban J connectivity index is 1.41. The smallest absolute Gasteiger partial charge is 0.242 e. The Bertz CT molecular complexity index is 1350. The van der Waals surface area contributed by atoms with Crippen LogP contribution in [0.3, 0.4) is 0 Å². The van der Waals surface area contributed by atoms with Crippen molar-refractivity contribution in [2.75, 3.05) is 26.7 Å². The van der Waals surface area contributed by atoms with Gasteiger partial charge in [-0.15, -0.1) is 11.8 Å². The molecule has 0 bridgehead atoms. The molecule has 2 aliphatic heterocycles. The quantitative estimate of drug-likeness (QED) is 0.315. The highest BCUT2D eigenvalue weighted by atomic mass is 35.5. The van der Waals surface area contributed by atoms with Gasteiger partial charge in [-0.3, -0.25) is 0 Å². The van der Waals surface area contributed by atoms with Crippen LogP contribution < -0.4 is 5.32 Å². The normalized spacial score (nSPS) is 19.7. The topological polar surface area (TPSA) is 49.4 Å². The van der Waals surface area contributed by atoms with E-state index in [1.54, 1.807) is 31.3 Å². The van der Waals surface area contributed by atoms with Crippen LogP contribution in [0.2, 0.25) is 10.0 Å². The summed E-state index contributed by atoms with van der Waals surface area (Å²) < 4.78 is 28.2. The summed E-state index contributed by atoms with van der Waals surface area (Å²) in [6, 6.07) is 23.2. The number of piperidine rings is 1. The third-order valence-corrected chi connectivity index (χ3v) is 12.1. The van der Waals surface area contributed by atoms with E-state index in [4.69, 9.17) is 23.2 Å². The van der Waals surface area contributed by atoms with Crippen molar-refractivity contribution in [1.82, 2.24) is 9.62 Å². The minimum atomic E-state index is -3.61. The van der Waals surface area contributed by atoms with Gasteiger partial charge in [-0.25, -0.2) is 12.7 Å². The van der Waals surface area contributed by atoms with Crippen molar-refractivity contribution in [3.63, 3.8) is 0 Å². The van der Waals surface area contributed by atoms with Gasteiger partial charge in [0.25, 0.3) is 0 Å². The van der Waals surface area contributed by atoms with Crippen LogP contribution in [-0.2, 0) is 15.4 Å². The van der Waals surface area contributed by atoms with E-state index in [0.29, 0.717) is 26.7 Å². The van der Waals surface area contributed by atoms with E-state index < -0.39 is 10.0 Å². The highest BCUT2D eigenvalue weighted by Gasteiger charge is 2.47. The summed E-state index contributed by atoms with van der Waals surface area (Å²) in [5.74, 6) is -0.0127. The SMILES string of the molecule is CN(C[C@H](CCC1Sc2ccccc2C12CCNCC2)c1ccc(Cl)c(Cl)c1)S(=O)(=O)c1ccccc1. The lowest BCUT2D eigenvalue weighted by Crippen LogP contribution is -2.44. The van der Waals surface area contributed by atoms with E-state index in [1.807, 2.05) is 36.0 Å². The molecule has 8 heteroatoms. The summed E-state index contributed by atoms with van der Waals surface area (Å²) >= 11 is 14.6. The van der Waals surface area contributed by atoms with Gasteiger partial charge in [0.15, 0.2) is 0 Å². The lowest BCUT2D eigenvalue weighted by Gasteiger charge is -2.40. The molecule has 5 rings (SSSR count). The molecule has 0 aromatic heterocycles. The van der Waals surface area contributed by atoms with Gasteiger partial charge in [0.1, 0.15) is 0 Å². The highest BCUT2D eigenvalue weighted by Crippen LogP contribution is 2.55. The van der Waals surface area contributed by atoms with Crippen LogP contribution in [0, 0.1) is 0 Å². The maximum absolute atomic E-state index is 13.3. The van der Waals surface area contributed by atoms with Gasteiger partial charge < -0.3 is 5.32 Å². The number of nitrogens with one attached hydrogen (secondary N) is 1. The molecule has 1 unspecified atom stereocenters. The Morgan fingerprint density at radius 2 is 1.70 bits per heavy atom. The third-order valence-electron chi connectivity index (χ3n) is 7.93. The molecule has 0 aliphatic carbocycles. The third kappa shape index (κ3) is 5.47. The Morgan fingerprint density at radius 1 is 1.00 bits per heavy atom. The average Bonchev–Trinajstić information content (AvgIpc) is 3.21. The molecule has 1 spiro atoms. The van der Waals surface area contributed by atoms with Crippen molar-refractivity contribution >= 4 is 45.0 Å². The second kappa shape index (κ2) is 11.3. The number of nitrogens with zero attached hydrogens (tertiary/aromatic N) is 1. The summed E-state index contributed by atoms with van der Waals surface area (Å²) in [4.78, 5) is 1.70. The number of benzene rings is 3. The van der Waals surface area contributed by atoms with E-state index >= 15 is 0 Å². The highest BCUT2D eigenvalue weighted by molar-refractivity contribution is 8.00. The van der Waals surface area contributed by atoms with Crippen molar-refractivity contribution in [2.24, 2.45) is 0 Å². The Morgan fingerprint density at radius 3 is 2.43 bits per heavy atom. The van der Waals surface area contributed by atoms with E-state index in [0.717, 1.165) is 44.3 Å². The average molecular weight is 576 g/mol. The number of hydrogen-bond acceptors (Lipinski definition) is 4. The molecular weight excluding hydrogens is 543 g/mol. The first-order valence-electron chi connectivity index (χ1n) is 12.7. The van der Waals surface area contributed by atoms with Crippen molar-refractivity contribution in [2.45, 2.75) is 52.1 Å². The van der Waals surface area contributed by atoms with Gasteiger partial charge in [-0.2, -0.15) is 0 Å². The first kappa shape index (κ1) is 27.0. The number of halogens is 2. The van der Waals surface area contributed by atoms with Crippen LogP contribution in [-0.4, -0.2) is 44.7 Å². The fourth-order valence-corrected chi connectivity index (χ4v) is 9.13. The maximum atomic E-state index is 13.3. The van der Waals surface area contributed by atoms with Crippen LogP contribution in [0.15, 0.2) is 82.6 Å². The van der Waals surface area contributed by atoms with Crippen LogP contribution >= 0.6 is 35.0 Å². The van der Waals surface area contributed by atoms with E-state index in [9.17, 15) is 8.42 Å². The summed E-state index contributed by atoms with van der Waals surface area (Å²) in [6.45, 7) is 2.42. The number of fused-ring (bicyclic) bond motifs is 2. The number of hydrogen-bond donors (Lipinski definition) is 1. The molecule has 37 heavy (non-hydrogen) atoms. The molecule has 3 aromatic carbocycles. The molecule has 0 amide bonds. The summed E-state index contributed by atoms with van der Waals surface area (Å²) in [7, 11) is -1.94. The number of rotatable bonds is 8. The minimum absolute atomic E-state index is 0.0127. The van der Waals surface area contributed by atoms with Crippen molar-refractivity contribution in [3.8, 4) is 0 Å². The number of thioether (sulfide) groups is 1. The first-order valence-corrected chi connectivity index (χ1v) is 15.8. The maximum Gasteiger partial charge on any atom is 0.242 e. The van der Waals surface area contributed by atoms with Crippen LogP contribution in [0.25, 0.3) is 0 Å². The molecular formula is C29H32Cl2N2O2S2. The molecule has 1 saturated heterocycles. The molecule has 196 valence electrons. The molecule has 3 aromatic rings. The molecule has 2 aliphatic rings. The number of sulfonamides is 1. The molecule has 1 fully saturated rings. The first-order chi connectivity index (χ1) is 17.8. The molecule has 2 heterocycles. The van der Waals surface area contributed by atoms with Crippen LogP contribution in [0.1, 0.15) is 42.7 Å². The summed E-state index contributed by atoms with van der Waals surface area (Å²) in [6.07, 6.45) is 4.10. The number of likely N-dealkylation sites (N-methyl/N-ethyl adjacent to an activating group) is 1. The second-order valence-corrected chi connectivity index (χ2v) is 14.2. The van der Waals surface area contributed by atoms with Gasteiger partial charge in [-0.05, 0) is 86.1 Å². The minimum Gasteiger partial charge on any atom is -0.317 e. The lowest BCUT2D eigenvalue weighted by molar-refractivity contribution is 0.287. The fourth-order valence-electron chi connectivity index (χ4n) is 5.88. The van der Waals surface area contributed by atoms with Gasteiger partial charge in [-0.1, -0.05) is 65.7 Å². The zero-order valence-corrected chi connectivity index (χ0v) is 24.0. The summed E-state index contributed by atoms with van der Waals surface area (Å²) in [5, 5.41) is 4.99. The standard InChI is InChI=1S/C29H32Cl2N2O2S2/c1-33(37(34,35)23-7-3-2-4-8-23)20-22(21-11-13-25(30)26(31)19-21)12-14-28-29(15-17-32-18-16-29)24-9-5-6-10-27(24)36-28/h2-11,13,19,22,28,32H,12,14-18,20H2,1H3/t22-,28?/m0/s1. The van der Waals surface area contributed by atoms with Crippen LogP contribution in [0.4, 0.5) is 0 Å². The molecule has 1 N–H and O–H groups in total. The van der Waals surface area contributed by atoms with Crippen molar-refractivity contribution in [1.29, 1.82) is 0 Å². The van der Waals surface area contributed by atoms with E-state index in [1.165, 1.54) is 14.8 Å². The Labute approximate surface area is 234 Å². The van der Waals surface area contributed by atoms with Crippen molar-refractivity contribution in [3.05, 3.63) is 94.0 Å². The van der Waals surface area contributed by atoms with Gasteiger partial charge >= 0.3 is 0 Å². The Kier molecular flexibility index (Phi) is 8.25. The molecule has 0 saturated carbocycles. The van der Waals surface area contributed by atoms with Crippen molar-refractivity contribution < 1.29 is 8.42 Å². The summed E-state index contributed by atoms with van der Waals surface area (Å²) in [5.41, 5.74) is 2.67. The second-order valence-electron chi connectivity index (χ2n) is 10.1. The monoisotopic (exact) mass is 574 g/mol.